The molecule has 0 spiro atoms. The number of hydrogen-bond acceptors (Lipinski definition) is 2. The van der Waals surface area contributed by atoms with E-state index in [1.165, 1.54) is 10.8 Å². The van der Waals surface area contributed by atoms with E-state index in [-0.39, 0.29) is 0 Å². The summed E-state index contributed by atoms with van der Waals surface area (Å²) in [6.07, 6.45) is 0. The van der Waals surface area contributed by atoms with E-state index in [0.717, 1.165) is 0 Å². The standard InChI is InChI=1S/C10H8.CH2O2S/c1-2-6-10-8-4-3-7-9(10)5-1;1-4(2)3/h1-8H;1H2. The SMILES string of the molecule is C=S(=O)=O.c1ccc2ccccc2c1. The Morgan fingerprint density at radius 2 is 1.00 bits per heavy atom. The minimum atomic E-state index is -2.11. The highest BCUT2D eigenvalue weighted by Gasteiger charge is 1.85. The molecule has 2 aromatic rings. The first kappa shape index (κ1) is 10.5. The number of fused-ring (bicyclic) bond motifs is 1. The Kier molecular flexibility index (Phi) is 3.88. The van der Waals surface area contributed by atoms with E-state index in [9.17, 15) is 0 Å². The van der Waals surface area contributed by atoms with E-state index in [1.54, 1.807) is 0 Å². The summed E-state index contributed by atoms with van der Waals surface area (Å²) in [6, 6.07) is 16.7. The Labute approximate surface area is 84.3 Å². The van der Waals surface area contributed by atoms with Gasteiger partial charge in [0.1, 0.15) is 0 Å². The van der Waals surface area contributed by atoms with Crippen LogP contribution < -0.4 is 0 Å². The van der Waals surface area contributed by atoms with Gasteiger partial charge in [-0.05, 0) is 10.8 Å². The average Bonchev–Trinajstić information content (AvgIpc) is 2.17. The lowest BCUT2D eigenvalue weighted by Crippen LogP contribution is -1.67. The van der Waals surface area contributed by atoms with Gasteiger partial charge in [-0.1, -0.05) is 48.5 Å². The molecule has 0 atom stereocenters. The molecule has 0 aliphatic rings. The van der Waals surface area contributed by atoms with Gasteiger partial charge >= 0.3 is 0 Å². The first-order valence-corrected chi connectivity index (χ1v) is 5.27. The van der Waals surface area contributed by atoms with E-state index >= 15 is 0 Å². The van der Waals surface area contributed by atoms with Gasteiger partial charge < -0.3 is 0 Å². The Bertz CT molecular complexity index is 442. The normalized spacial score (nSPS) is 8.86. The van der Waals surface area contributed by atoms with Crippen molar-refractivity contribution in [2.24, 2.45) is 0 Å². The summed E-state index contributed by atoms with van der Waals surface area (Å²) in [7, 11) is -2.11. The summed E-state index contributed by atoms with van der Waals surface area (Å²) >= 11 is 0. The van der Waals surface area contributed by atoms with Gasteiger partial charge in [0.15, 0.2) is 0 Å². The van der Waals surface area contributed by atoms with Gasteiger partial charge in [-0.15, -0.1) is 0 Å². The van der Waals surface area contributed by atoms with Crippen molar-refractivity contribution in [1.82, 2.24) is 0 Å². The van der Waals surface area contributed by atoms with Gasteiger partial charge in [-0.2, -0.15) is 8.42 Å². The first-order valence-electron chi connectivity index (χ1n) is 4.03. The van der Waals surface area contributed by atoms with Crippen molar-refractivity contribution in [1.29, 1.82) is 0 Å². The third-order valence-electron chi connectivity index (χ3n) is 1.66. The smallest absolute Gasteiger partial charge is 0.185 e. The fourth-order valence-electron chi connectivity index (χ4n) is 1.13. The predicted octanol–water partition coefficient (Wildman–Crippen LogP) is 2.14. The molecule has 0 heterocycles. The van der Waals surface area contributed by atoms with Gasteiger partial charge in [-0.25, -0.2) is 0 Å². The van der Waals surface area contributed by atoms with Crippen LogP contribution in [0.5, 0.6) is 0 Å². The highest BCUT2D eigenvalue weighted by molar-refractivity contribution is 7.70. The van der Waals surface area contributed by atoms with Crippen LogP contribution in [-0.4, -0.2) is 14.3 Å². The molecule has 0 aromatic heterocycles. The molecule has 0 saturated carbocycles. The fraction of sp³-hybridized carbons (Fsp3) is 0. The van der Waals surface area contributed by atoms with Crippen LogP contribution in [0.4, 0.5) is 0 Å². The molecule has 2 nitrogen and oxygen atoms in total. The van der Waals surface area contributed by atoms with Crippen molar-refractivity contribution in [3.8, 4) is 0 Å². The quantitative estimate of drug-likeness (QED) is 0.619. The molecule has 2 rings (SSSR count). The Hall–Kier alpha value is -1.61. The van der Waals surface area contributed by atoms with Gasteiger partial charge in [0.25, 0.3) is 0 Å². The number of hydrogen-bond donors (Lipinski definition) is 0. The third-order valence-corrected chi connectivity index (χ3v) is 1.66. The van der Waals surface area contributed by atoms with Crippen LogP contribution in [0.3, 0.4) is 0 Å². The molecule has 2 aromatic carbocycles. The molecule has 3 heteroatoms. The molecular weight excluding hydrogens is 196 g/mol. The van der Waals surface area contributed by atoms with Crippen LogP contribution >= 0.6 is 0 Å². The van der Waals surface area contributed by atoms with E-state index in [0.29, 0.717) is 0 Å². The molecule has 14 heavy (non-hydrogen) atoms. The van der Waals surface area contributed by atoms with Crippen LogP contribution in [0.1, 0.15) is 0 Å². The molecule has 0 N–H and O–H groups in total. The topological polar surface area (TPSA) is 34.1 Å². The molecule has 0 unspecified atom stereocenters. The third kappa shape index (κ3) is 3.41. The summed E-state index contributed by atoms with van der Waals surface area (Å²) in [5, 5.41) is 2.62. The minimum Gasteiger partial charge on any atom is -0.185 e. The van der Waals surface area contributed by atoms with Crippen LogP contribution in [0.25, 0.3) is 10.8 Å². The monoisotopic (exact) mass is 206 g/mol. The molecule has 0 aliphatic heterocycles. The van der Waals surface area contributed by atoms with Crippen molar-refractivity contribution in [3.63, 3.8) is 0 Å². The van der Waals surface area contributed by atoms with Crippen LogP contribution in [0.2, 0.25) is 0 Å². The Balaban J connectivity index is 0.000000213. The van der Waals surface area contributed by atoms with E-state index in [4.69, 9.17) is 8.42 Å². The maximum Gasteiger partial charge on any atom is 0.206 e. The summed E-state index contributed by atoms with van der Waals surface area (Å²) in [5.41, 5.74) is 0. The summed E-state index contributed by atoms with van der Waals surface area (Å²) < 4.78 is 17.8. The largest absolute Gasteiger partial charge is 0.206 e. The second-order valence-electron chi connectivity index (χ2n) is 2.65. The van der Waals surface area contributed by atoms with Crippen LogP contribution in [-0.2, 0) is 10.3 Å². The number of rotatable bonds is 0. The maximum atomic E-state index is 8.89. The molecular formula is C11H10O2S. The highest BCUT2D eigenvalue weighted by Crippen LogP contribution is 2.11. The van der Waals surface area contributed by atoms with Crippen LogP contribution in [0, 0.1) is 0 Å². The first-order chi connectivity index (χ1) is 6.70. The lowest BCUT2D eigenvalue weighted by molar-refractivity contribution is 0.627. The van der Waals surface area contributed by atoms with Crippen molar-refractivity contribution in [3.05, 3.63) is 48.5 Å². The molecule has 0 radical (unpaired) electrons. The van der Waals surface area contributed by atoms with Gasteiger partial charge in [0, 0.05) is 5.87 Å². The summed E-state index contributed by atoms with van der Waals surface area (Å²) in [5.74, 6) is 2.56. The number of benzene rings is 2. The second kappa shape index (κ2) is 5.19. The van der Waals surface area contributed by atoms with Crippen LogP contribution in [0.15, 0.2) is 48.5 Å². The molecule has 0 saturated heterocycles. The lowest BCUT2D eigenvalue weighted by Gasteiger charge is -1.92. The van der Waals surface area contributed by atoms with Gasteiger partial charge in [-0.3, -0.25) is 0 Å². The Morgan fingerprint density at radius 3 is 1.21 bits per heavy atom. The molecule has 72 valence electrons. The van der Waals surface area contributed by atoms with E-state index in [1.807, 2.05) is 0 Å². The van der Waals surface area contributed by atoms with Crippen molar-refractivity contribution in [2.45, 2.75) is 0 Å². The summed E-state index contributed by atoms with van der Waals surface area (Å²) in [6.45, 7) is 0. The lowest BCUT2D eigenvalue weighted by atomic mass is 10.1. The summed E-state index contributed by atoms with van der Waals surface area (Å²) in [4.78, 5) is 0. The van der Waals surface area contributed by atoms with Gasteiger partial charge in [0.2, 0.25) is 10.3 Å². The molecule has 0 bridgehead atoms. The predicted molar refractivity (Wildman–Crippen MR) is 60.0 cm³/mol. The van der Waals surface area contributed by atoms with Crippen molar-refractivity contribution >= 4 is 26.9 Å². The van der Waals surface area contributed by atoms with Crippen molar-refractivity contribution < 1.29 is 8.42 Å². The molecule has 0 aliphatic carbocycles. The van der Waals surface area contributed by atoms with E-state index < -0.39 is 10.3 Å². The Morgan fingerprint density at radius 1 is 0.786 bits per heavy atom. The van der Waals surface area contributed by atoms with E-state index in [2.05, 4.69) is 54.4 Å². The average molecular weight is 206 g/mol. The zero-order chi connectivity index (χ0) is 10.4. The molecule has 0 fully saturated rings. The second-order valence-corrected chi connectivity index (χ2v) is 3.26. The zero-order valence-electron chi connectivity index (χ0n) is 7.55. The molecule has 0 amide bonds. The fourth-order valence-corrected chi connectivity index (χ4v) is 1.13. The van der Waals surface area contributed by atoms with Crippen molar-refractivity contribution in [2.75, 3.05) is 0 Å². The van der Waals surface area contributed by atoms with Gasteiger partial charge in [0.05, 0.1) is 0 Å². The highest BCUT2D eigenvalue weighted by atomic mass is 32.2. The maximum absolute atomic E-state index is 8.89. The minimum absolute atomic E-state index is 1.31. The zero-order valence-corrected chi connectivity index (χ0v) is 8.37.